The van der Waals surface area contributed by atoms with Crippen LogP contribution in [0.1, 0.15) is 0 Å². The highest BCUT2D eigenvalue weighted by atomic mass is 79.9. The van der Waals surface area contributed by atoms with Gasteiger partial charge in [-0.25, -0.2) is 0 Å². The molecule has 0 saturated carbocycles. The number of ether oxygens (including phenoxy) is 1. The fraction of sp³-hybridized carbons (Fsp3) is 0. The second kappa shape index (κ2) is 5.37. The zero-order valence-electron chi connectivity index (χ0n) is 8.97. The molecule has 0 aliphatic carbocycles. The van der Waals surface area contributed by atoms with Crippen LogP contribution in [0.3, 0.4) is 0 Å². The first kappa shape index (κ1) is 12.9. The van der Waals surface area contributed by atoms with Gasteiger partial charge in [-0.1, -0.05) is 17.7 Å². The lowest BCUT2D eigenvalue weighted by atomic mass is 10.3. The fourth-order valence-corrected chi connectivity index (χ4v) is 1.97. The molecule has 0 N–H and O–H groups in total. The average Bonchev–Trinajstić information content (AvgIpc) is 2.31. The van der Waals surface area contributed by atoms with Crippen molar-refractivity contribution in [1.82, 2.24) is 0 Å². The molecule has 2 aromatic rings. The third-order valence-corrected chi connectivity index (χ3v) is 3.00. The summed E-state index contributed by atoms with van der Waals surface area (Å²) in [4.78, 5) is 10.1. The second-order valence-electron chi connectivity index (χ2n) is 3.43. The Morgan fingerprint density at radius 1 is 1.22 bits per heavy atom. The molecule has 0 spiro atoms. The Kier molecular flexibility index (Phi) is 3.84. The molecular formula is C12H7BrClNO3. The largest absolute Gasteiger partial charge is 0.456 e. The summed E-state index contributed by atoms with van der Waals surface area (Å²) in [6, 6.07) is 11.2. The number of benzene rings is 2. The van der Waals surface area contributed by atoms with Gasteiger partial charge in [-0.2, -0.15) is 0 Å². The van der Waals surface area contributed by atoms with Crippen LogP contribution in [0.5, 0.6) is 11.5 Å². The van der Waals surface area contributed by atoms with Crippen LogP contribution in [0.25, 0.3) is 0 Å². The Bertz CT molecular complexity index is 604. The van der Waals surface area contributed by atoms with Gasteiger partial charge in [-0.15, -0.1) is 0 Å². The SMILES string of the molecule is O=[N+]([O-])c1ccc(Oc2cccc(Cl)c2)c(Br)c1. The molecule has 6 heteroatoms. The van der Waals surface area contributed by atoms with Crippen LogP contribution >= 0.6 is 27.5 Å². The maximum absolute atomic E-state index is 10.6. The number of rotatable bonds is 3. The Labute approximate surface area is 116 Å². The number of halogens is 2. The molecule has 0 bridgehead atoms. The van der Waals surface area contributed by atoms with E-state index in [-0.39, 0.29) is 5.69 Å². The molecule has 4 nitrogen and oxygen atoms in total. The highest BCUT2D eigenvalue weighted by Gasteiger charge is 2.10. The van der Waals surface area contributed by atoms with Crippen LogP contribution in [0.15, 0.2) is 46.9 Å². The maximum atomic E-state index is 10.6. The Morgan fingerprint density at radius 2 is 2.00 bits per heavy atom. The number of nitro benzene ring substituents is 1. The lowest BCUT2D eigenvalue weighted by molar-refractivity contribution is -0.384. The molecule has 0 fully saturated rings. The van der Waals surface area contributed by atoms with Crippen LogP contribution in [-0.4, -0.2) is 4.92 Å². The van der Waals surface area contributed by atoms with Crippen LogP contribution in [0.2, 0.25) is 5.02 Å². The number of nitrogens with zero attached hydrogens (tertiary/aromatic N) is 1. The summed E-state index contributed by atoms with van der Waals surface area (Å²) in [5, 5.41) is 11.2. The second-order valence-corrected chi connectivity index (χ2v) is 4.72. The van der Waals surface area contributed by atoms with E-state index in [4.69, 9.17) is 16.3 Å². The number of non-ortho nitro benzene ring substituents is 1. The molecule has 0 unspecified atom stereocenters. The van der Waals surface area contributed by atoms with Crippen molar-refractivity contribution < 1.29 is 9.66 Å². The van der Waals surface area contributed by atoms with Crippen LogP contribution in [0.4, 0.5) is 5.69 Å². The van der Waals surface area contributed by atoms with Crippen LogP contribution in [-0.2, 0) is 0 Å². The van der Waals surface area contributed by atoms with Gasteiger partial charge < -0.3 is 4.74 Å². The van der Waals surface area contributed by atoms with Gasteiger partial charge in [0, 0.05) is 17.2 Å². The molecule has 0 radical (unpaired) electrons. The zero-order valence-corrected chi connectivity index (χ0v) is 11.3. The standard InChI is InChI=1S/C12H7BrClNO3/c13-11-7-9(15(16)17)4-5-12(11)18-10-3-1-2-8(14)6-10/h1-7H. The van der Waals surface area contributed by atoms with Gasteiger partial charge in [0.2, 0.25) is 0 Å². The van der Waals surface area contributed by atoms with Crippen molar-refractivity contribution in [2.75, 3.05) is 0 Å². The summed E-state index contributed by atoms with van der Waals surface area (Å²) in [5.41, 5.74) is 0.000295. The van der Waals surface area contributed by atoms with Crippen molar-refractivity contribution in [3.63, 3.8) is 0 Å². The zero-order chi connectivity index (χ0) is 13.1. The normalized spacial score (nSPS) is 10.1. The van der Waals surface area contributed by atoms with Gasteiger partial charge in [0.25, 0.3) is 5.69 Å². The third-order valence-electron chi connectivity index (χ3n) is 2.15. The molecule has 2 rings (SSSR count). The highest BCUT2D eigenvalue weighted by molar-refractivity contribution is 9.10. The van der Waals surface area contributed by atoms with Crippen molar-refractivity contribution in [2.24, 2.45) is 0 Å². The first-order valence-corrected chi connectivity index (χ1v) is 6.11. The van der Waals surface area contributed by atoms with E-state index < -0.39 is 4.92 Å². The summed E-state index contributed by atoms with van der Waals surface area (Å²) < 4.78 is 6.08. The molecular weight excluding hydrogens is 321 g/mol. The summed E-state index contributed by atoms with van der Waals surface area (Å²) in [6.07, 6.45) is 0. The maximum Gasteiger partial charge on any atom is 0.270 e. The topological polar surface area (TPSA) is 52.4 Å². The number of hydrogen-bond acceptors (Lipinski definition) is 3. The quantitative estimate of drug-likeness (QED) is 0.600. The Morgan fingerprint density at radius 3 is 2.61 bits per heavy atom. The molecule has 92 valence electrons. The van der Waals surface area contributed by atoms with E-state index in [2.05, 4.69) is 15.9 Å². The minimum atomic E-state index is -0.464. The number of nitro groups is 1. The third kappa shape index (κ3) is 3.00. The van der Waals surface area contributed by atoms with Gasteiger partial charge in [-0.3, -0.25) is 10.1 Å². The molecule has 2 aromatic carbocycles. The molecule has 0 amide bonds. The van der Waals surface area contributed by atoms with Gasteiger partial charge in [0.15, 0.2) is 0 Å². The summed E-state index contributed by atoms with van der Waals surface area (Å²) in [6.45, 7) is 0. The van der Waals surface area contributed by atoms with E-state index in [1.807, 2.05) is 0 Å². The fourth-order valence-electron chi connectivity index (χ4n) is 1.34. The van der Waals surface area contributed by atoms with Gasteiger partial charge in [0.1, 0.15) is 11.5 Å². The molecule has 0 atom stereocenters. The van der Waals surface area contributed by atoms with Crippen molar-refractivity contribution in [3.05, 3.63) is 62.1 Å². The highest BCUT2D eigenvalue weighted by Crippen LogP contribution is 2.33. The van der Waals surface area contributed by atoms with E-state index in [1.54, 1.807) is 24.3 Å². The van der Waals surface area contributed by atoms with Gasteiger partial charge >= 0.3 is 0 Å². The van der Waals surface area contributed by atoms with E-state index >= 15 is 0 Å². The molecule has 0 saturated heterocycles. The Balaban J connectivity index is 2.27. The predicted molar refractivity (Wildman–Crippen MR) is 72.3 cm³/mol. The van der Waals surface area contributed by atoms with Crippen molar-refractivity contribution >= 4 is 33.2 Å². The molecule has 0 aromatic heterocycles. The van der Waals surface area contributed by atoms with Gasteiger partial charge in [0.05, 0.1) is 9.40 Å². The molecule has 18 heavy (non-hydrogen) atoms. The molecule has 0 aliphatic rings. The van der Waals surface area contributed by atoms with Crippen molar-refractivity contribution in [3.8, 4) is 11.5 Å². The van der Waals surface area contributed by atoms with Crippen LogP contribution < -0.4 is 4.74 Å². The van der Waals surface area contributed by atoms with E-state index in [1.165, 1.54) is 18.2 Å². The van der Waals surface area contributed by atoms with Crippen LogP contribution in [0, 0.1) is 10.1 Å². The smallest absolute Gasteiger partial charge is 0.270 e. The van der Waals surface area contributed by atoms with Crippen molar-refractivity contribution in [1.29, 1.82) is 0 Å². The number of hydrogen-bond donors (Lipinski definition) is 0. The summed E-state index contributed by atoms with van der Waals surface area (Å²) >= 11 is 9.07. The predicted octanol–water partition coefficient (Wildman–Crippen LogP) is 4.80. The van der Waals surface area contributed by atoms with E-state index in [0.717, 1.165) is 0 Å². The minimum absolute atomic E-state index is 0.000295. The van der Waals surface area contributed by atoms with E-state index in [0.29, 0.717) is 21.0 Å². The Hall–Kier alpha value is -1.59. The summed E-state index contributed by atoms with van der Waals surface area (Å²) in [5.74, 6) is 1.06. The van der Waals surface area contributed by atoms with Crippen molar-refractivity contribution in [2.45, 2.75) is 0 Å². The van der Waals surface area contributed by atoms with Gasteiger partial charge in [-0.05, 0) is 40.2 Å². The molecule has 0 aliphatic heterocycles. The first-order valence-electron chi connectivity index (χ1n) is 4.93. The lowest BCUT2D eigenvalue weighted by Crippen LogP contribution is -1.90. The van der Waals surface area contributed by atoms with E-state index in [9.17, 15) is 10.1 Å². The lowest BCUT2D eigenvalue weighted by Gasteiger charge is -2.07. The monoisotopic (exact) mass is 327 g/mol. The average molecular weight is 329 g/mol. The first-order chi connectivity index (χ1) is 8.56. The molecule has 0 heterocycles. The minimum Gasteiger partial charge on any atom is -0.456 e. The summed E-state index contributed by atoms with van der Waals surface area (Å²) in [7, 11) is 0.